The number of nitrogens with zero attached hydrogens (tertiary/aromatic N) is 6. The minimum absolute atomic E-state index is 0.0176. The first kappa shape index (κ1) is 20.8. The van der Waals surface area contributed by atoms with Crippen LogP contribution in [-0.4, -0.2) is 64.1 Å². The molecule has 3 aromatic rings. The Bertz CT molecular complexity index is 911. The maximum absolute atomic E-state index is 13.1. The van der Waals surface area contributed by atoms with Crippen LogP contribution >= 0.6 is 11.3 Å². The van der Waals surface area contributed by atoms with Crippen LogP contribution in [-0.2, 0) is 0 Å². The first-order valence-electron chi connectivity index (χ1n) is 9.74. The zero-order valence-corrected chi connectivity index (χ0v) is 17.8. The summed E-state index contributed by atoms with van der Waals surface area (Å²) in [5.74, 6) is 1.68. The van der Waals surface area contributed by atoms with Crippen molar-refractivity contribution in [2.75, 3.05) is 38.2 Å². The third-order valence-corrected chi connectivity index (χ3v) is 5.41. The van der Waals surface area contributed by atoms with Crippen molar-refractivity contribution >= 4 is 23.1 Å². The molecule has 1 fully saturated rings. The highest BCUT2D eigenvalue weighted by Crippen LogP contribution is 2.24. The van der Waals surface area contributed by atoms with Crippen LogP contribution in [0.3, 0.4) is 0 Å². The average Bonchev–Trinajstić information content (AvgIpc) is 3.42. The van der Waals surface area contributed by atoms with Gasteiger partial charge >= 0.3 is 0 Å². The molecular formula is C20H26N6O2S. The Hall–Kier alpha value is -2.94. The highest BCUT2D eigenvalue weighted by Gasteiger charge is 2.24. The summed E-state index contributed by atoms with van der Waals surface area (Å²) in [5, 5.41) is 11.0. The van der Waals surface area contributed by atoms with Crippen LogP contribution in [0.15, 0.2) is 42.2 Å². The Kier molecular flexibility index (Phi) is 7.18. The zero-order chi connectivity index (χ0) is 20.6. The fraction of sp³-hybridized carbons (Fsp3) is 0.400. The van der Waals surface area contributed by atoms with Crippen molar-refractivity contribution in [2.45, 2.75) is 20.3 Å². The fourth-order valence-corrected chi connectivity index (χ4v) is 3.96. The molecule has 3 aromatic heterocycles. The monoisotopic (exact) mass is 414 g/mol. The van der Waals surface area contributed by atoms with E-state index in [4.69, 9.17) is 4.74 Å². The first-order valence-corrected chi connectivity index (χ1v) is 10.6. The molecular weight excluding hydrogens is 388 g/mol. The normalized spacial score (nSPS) is 14.0. The third kappa shape index (κ3) is 4.73. The standard InChI is InChI=1S/C18H20N6O2S.C2H6/c1-26-14-3-5-19-16(13-14)22-8-2-9-23(11-10-22)17(25)15-4-12-27-18(15)24-20-6-7-21-24;1-2/h3-7,12-13H,2,8-11H2,1H3;1-2H3. The molecule has 154 valence electrons. The minimum Gasteiger partial charge on any atom is -0.497 e. The molecule has 0 radical (unpaired) electrons. The van der Waals surface area contributed by atoms with Gasteiger partial charge in [0.15, 0.2) is 5.00 Å². The van der Waals surface area contributed by atoms with E-state index in [0.29, 0.717) is 18.7 Å². The number of hydrogen-bond acceptors (Lipinski definition) is 7. The van der Waals surface area contributed by atoms with Gasteiger partial charge in [0, 0.05) is 38.4 Å². The topological polar surface area (TPSA) is 76.4 Å². The number of hydrogen-bond donors (Lipinski definition) is 0. The molecule has 0 bridgehead atoms. The maximum Gasteiger partial charge on any atom is 0.257 e. The predicted molar refractivity (Wildman–Crippen MR) is 114 cm³/mol. The minimum atomic E-state index is 0.0176. The van der Waals surface area contributed by atoms with E-state index in [1.807, 2.05) is 42.3 Å². The van der Waals surface area contributed by atoms with Gasteiger partial charge in [-0.2, -0.15) is 10.2 Å². The number of carbonyl (C=O) groups is 1. The van der Waals surface area contributed by atoms with Crippen LogP contribution in [0, 0.1) is 0 Å². The van der Waals surface area contributed by atoms with Gasteiger partial charge in [-0.15, -0.1) is 16.1 Å². The molecule has 0 saturated carbocycles. The van der Waals surface area contributed by atoms with Gasteiger partial charge in [-0.25, -0.2) is 4.98 Å². The summed E-state index contributed by atoms with van der Waals surface area (Å²) in [5.41, 5.74) is 0.643. The van der Waals surface area contributed by atoms with Crippen LogP contribution in [0.1, 0.15) is 30.6 Å². The third-order valence-electron chi connectivity index (χ3n) is 4.54. The highest BCUT2D eigenvalue weighted by atomic mass is 32.1. The molecule has 1 saturated heterocycles. The number of aromatic nitrogens is 4. The van der Waals surface area contributed by atoms with Gasteiger partial charge in [-0.1, -0.05) is 13.8 Å². The van der Waals surface area contributed by atoms with Crippen molar-refractivity contribution in [3.8, 4) is 10.8 Å². The summed E-state index contributed by atoms with van der Waals surface area (Å²) in [4.78, 5) is 23.1. The lowest BCUT2D eigenvalue weighted by molar-refractivity contribution is 0.0767. The molecule has 9 heteroatoms. The summed E-state index contributed by atoms with van der Waals surface area (Å²) in [7, 11) is 1.65. The van der Waals surface area contributed by atoms with Gasteiger partial charge in [-0.05, 0) is 23.9 Å². The number of anilines is 1. The Morgan fingerprint density at radius 3 is 2.62 bits per heavy atom. The van der Waals surface area contributed by atoms with E-state index in [1.165, 1.54) is 16.1 Å². The number of rotatable bonds is 4. The smallest absolute Gasteiger partial charge is 0.257 e. The van der Waals surface area contributed by atoms with Crippen LogP contribution < -0.4 is 9.64 Å². The van der Waals surface area contributed by atoms with Gasteiger partial charge in [0.2, 0.25) is 0 Å². The molecule has 0 atom stereocenters. The number of amides is 1. The summed E-state index contributed by atoms with van der Waals surface area (Å²) in [6.45, 7) is 6.92. The number of carbonyl (C=O) groups excluding carboxylic acids is 1. The second-order valence-electron chi connectivity index (χ2n) is 6.14. The fourth-order valence-electron chi connectivity index (χ4n) is 3.16. The van der Waals surface area contributed by atoms with Gasteiger partial charge in [-0.3, -0.25) is 4.79 Å². The van der Waals surface area contributed by atoms with Crippen molar-refractivity contribution in [3.63, 3.8) is 0 Å². The quantitative estimate of drug-likeness (QED) is 0.653. The summed E-state index contributed by atoms with van der Waals surface area (Å²) >= 11 is 1.46. The van der Waals surface area contributed by atoms with E-state index in [0.717, 1.165) is 36.1 Å². The van der Waals surface area contributed by atoms with E-state index in [1.54, 1.807) is 25.7 Å². The van der Waals surface area contributed by atoms with Crippen molar-refractivity contribution < 1.29 is 9.53 Å². The molecule has 4 rings (SSSR count). The summed E-state index contributed by atoms with van der Waals surface area (Å²) in [6, 6.07) is 5.61. The molecule has 1 aliphatic rings. The molecule has 0 unspecified atom stereocenters. The summed E-state index contributed by atoms with van der Waals surface area (Å²) < 4.78 is 5.29. The molecule has 1 amide bonds. The maximum atomic E-state index is 13.1. The second-order valence-corrected chi connectivity index (χ2v) is 7.04. The van der Waals surface area contributed by atoms with Crippen molar-refractivity contribution in [2.24, 2.45) is 0 Å². The Morgan fingerprint density at radius 2 is 1.86 bits per heavy atom. The van der Waals surface area contributed by atoms with Crippen molar-refractivity contribution in [3.05, 3.63) is 47.7 Å². The van der Waals surface area contributed by atoms with E-state index >= 15 is 0 Å². The van der Waals surface area contributed by atoms with E-state index in [9.17, 15) is 4.79 Å². The van der Waals surface area contributed by atoms with Crippen LogP contribution in [0.4, 0.5) is 5.82 Å². The Balaban J connectivity index is 0.00000117. The van der Waals surface area contributed by atoms with Crippen LogP contribution in [0.25, 0.3) is 5.00 Å². The molecule has 1 aliphatic heterocycles. The molecule has 4 heterocycles. The lowest BCUT2D eigenvalue weighted by atomic mass is 10.2. The van der Waals surface area contributed by atoms with Gasteiger partial charge in [0.25, 0.3) is 5.91 Å². The highest BCUT2D eigenvalue weighted by molar-refractivity contribution is 7.12. The van der Waals surface area contributed by atoms with Crippen molar-refractivity contribution in [1.82, 2.24) is 24.9 Å². The van der Waals surface area contributed by atoms with Gasteiger partial charge in [0.1, 0.15) is 11.6 Å². The number of thiophene rings is 1. The van der Waals surface area contributed by atoms with E-state index in [-0.39, 0.29) is 5.91 Å². The number of ether oxygens (including phenoxy) is 1. The average molecular weight is 415 g/mol. The number of pyridine rings is 1. The van der Waals surface area contributed by atoms with Gasteiger partial charge < -0.3 is 14.5 Å². The largest absolute Gasteiger partial charge is 0.497 e. The lowest BCUT2D eigenvalue weighted by Crippen LogP contribution is -2.35. The molecule has 29 heavy (non-hydrogen) atoms. The molecule has 0 aliphatic carbocycles. The SMILES string of the molecule is CC.COc1ccnc(N2CCCN(C(=O)c3ccsc3-n3nccn3)CC2)c1. The van der Waals surface area contributed by atoms with Crippen LogP contribution in [0.5, 0.6) is 5.75 Å². The van der Waals surface area contributed by atoms with E-state index < -0.39 is 0 Å². The van der Waals surface area contributed by atoms with Gasteiger partial charge in [0.05, 0.1) is 25.1 Å². The zero-order valence-electron chi connectivity index (χ0n) is 17.0. The number of methoxy groups -OCH3 is 1. The molecule has 0 spiro atoms. The van der Waals surface area contributed by atoms with E-state index in [2.05, 4.69) is 20.1 Å². The Morgan fingerprint density at radius 1 is 1.07 bits per heavy atom. The molecule has 0 aromatic carbocycles. The second kappa shape index (κ2) is 10.0. The van der Waals surface area contributed by atoms with Crippen LogP contribution in [0.2, 0.25) is 0 Å². The summed E-state index contributed by atoms with van der Waals surface area (Å²) in [6.07, 6.45) is 5.85. The first-order chi connectivity index (χ1) is 14.3. The predicted octanol–water partition coefficient (Wildman–Crippen LogP) is 3.11. The Labute approximate surface area is 174 Å². The molecule has 0 N–H and O–H groups in total. The van der Waals surface area contributed by atoms with Crippen molar-refractivity contribution in [1.29, 1.82) is 0 Å². The lowest BCUT2D eigenvalue weighted by Gasteiger charge is -2.23. The molecule has 8 nitrogen and oxygen atoms in total.